The Labute approximate surface area is 145 Å². The van der Waals surface area contributed by atoms with Crippen LogP contribution >= 0.6 is 0 Å². The van der Waals surface area contributed by atoms with Gasteiger partial charge in [-0.1, -0.05) is 17.7 Å². The van der Waals surface area contributed by atoms with Gasteiger partial charge in [-0.05, 0) is 44.9 Å². The van der Waals surface area contributed by atoms with Crippen molar-refractivity contribution < 1.29 is 9.90 Å². The van der Waals surface area contributed by atoms with Crippen LogP contribution in [0.3, 0.4) is 0 Å². The minimum absolute atomic E-state index is 0.0628. The molecule has 2 heterocycles. The largest absolute Gasteiger partial charge is 0.481 e. The molecule has 3 rings (SSSR count). The molecule has 0 aliphatic rings. The zero-order valence-corrected chi connectivity index (χ0v) is 14.8. The number of fused-ring (bicyclic) bond motifs is 1. The second-order valence-corrected chi connectivity index (χ2v) is 6.39. The molecular formula is C19H21N3O3. The number of pyridine rings is 1. The molecule has 0 saturated heterocycles. The van der Waals surface area contributed by atoms with Crippen LogP contribution in [0.15, 0.2) is 29.1 Å². The predicted octanol–water partition coefficient (Wildman–Crippen LogP) is 2.67. The van der Waals surface area contributed by atoms with E-state index >= 15 is 0 Å². The van der Waals surface area contributed by atoms with Gasteiger partial charge in [0.2, 0.25) is 0 Å². The van der Waals surface area contributed by atoms with E-state index in [9.17, 15) is 9.59 Å². The minimum Gasteiger partial charge on any atom is -0.481 e. The fourth-order valence-electron chi connectivity index (χ4n) is 3.27. The molecule has 0 unspecified atom stereocenters. The fraction of sp³-hybridized carbons (Fsp3) is 0.316. The van der Waals surface area contributed by atoms with Crippen LogP contribution in [0.1, 0.15) is 28.8 Å². The van der Waals surface area contributed by atoms with Crippen LogP contribution in [-0.2, 0) is 18.3 Å². The van der Waals surface area contributed by atoms with E-state index in [4.69, 9.17) is 5.11 Å². The van der Waals surface area contributed by atoms with Gasteiger partial charge in [-0.3, -0.25) is 14.2 Å². The summed E-state index contributed by atoms with van der Waals surface area (Å²) in [7, 11) is 1.71. The Morgan fingerprint density at radius 1 is 1.16 bits per heavy atom. The highest BCUT2D eigenvalue weighted by Gasteiger charge is 2.20. The Balaban J connectivity index is 2.29. The lowest BCUT2D eigenvalue weighted by atomic mass is 10.0. The van der Waals surface area contributed by atoms with Gasteiger partial charge in [0.15, 0.2) is 0 Å². The number of hydrogen-bond acceptors (Lipinski definition) is 3. The molecule has 2 aromatic heterocycles. The summed E-state index contributed by atoms with van der Waals surface area (Å²) in [6, 6.07) is 7.95. The second kappa shape index (κ2) is 6.20. The molecule has 1 N–H and O–H groups in total. The summed E-state index contributed by atoms with van der Waals surface area (Å²) in [5.74, 6) is -0.909. The highest BCUT2D eigenvalue weighted by Crippen LogP contribution is 2.25. The number of aromatic nitrogens is 3. The molecule has 6 nitrogen and oxygen atoms in total. The SMILES string of the molecule is Cc1ccc(-n2nc(C)c3c(C)c(CCC(=O)O)c(=O)n(C)c32)cc1. The van der Waals surface area contributed by atoms with Crippen molar-refractivity contribution in [2.75, 3.05) is 0 Å². The van der Waals surface area contributed by atoms with Crippen LogP contribution in [0.25, 0.3) is 16.7 Å². The molecule has 0 aliphatic heterocycles. The van der Waals surface area contributed by atoms with Crippen molar-refractivity contribution in [3.05, 3.63) is 57.0 Å². The molecule has 25 heavy (non-hydrogen) atoms. The molecule has 0 atom stereocenters. The molecule has 0 spiro atoms. The van der Waals surface area contributed by atoms with Crippen LogP contribution < -0.4 is 5.56 Å². The van der Waals surface area contributed by atoms with E-state index in [0.717, 1.165) is 33.5 Å². The number of nitrogens with zero attached hydrogens (tertiary/aromatic N) is 3. The lowest BCUT2D eigenvalue weighted by Crippen LogP contribution is -2.24. The number of hydrogen-bond donors (Lipinski definition) is 1. The Bertz CT molecular complexity index is 1030. The van der Waals surface area contributed by atoms with Crippen LogP contribution in [0.5, 0.6) is 0 Å². The smallest absolute Gasteiger partial charge is 0.303 e. The van der Waals surface area contributed by atoms with Crippen molar-refractivity contribution in [3.8, 4) is 5.69 Å². The fourth-order valence-corrected chi connectivity index (χ4v) is 3.27. The van der Waals surface area contributed by atoms with Crippen molar-refractivity contribution >= 4 is 17.0 Å². The maximum absolute atomic E-state index is 12.8. The normalized spacial score (nSPS) is 11.2. The van der Waals surface area contributed by atoms with Crippen molar-refractivity contribution in [2.24, 2.45) is 7.05 Å². The molecular weight excluding hydrogens is 318 g/mol. The zero-order valence-electron chi connectivity index (χ0n) is 14.8. The van der Waals surface area contributed by atoms with Crippen molar-refractivity contribution in [2.45, 2.75) is 33.6 Å². The monoisotopic (exact) mass is 339 g/mol. The van der Waals surface area contributed by atoms with E-state index in [-0.39, 0.29) is 18.4 Å². The van der Waals surface area contributed by atoms with E-state index in [0.29, 0.717) is 5.56 Å². The van der Waals surface area contributed by atoms with Gasteiger partial charge in [0, 0.05) is 24.4 Å². The van der Waals surface area contributed by atoms with Gasteiger partial charge in [0.25, 0.3) is 5.56 Å². The van der Waals surface area contributed by atoms with E-state index in [1.54, 1.807) is 16.3 Å². The summed E-state index contributed by atoms with van der Waals surface area (Å²) >= 11 is 0. The molecule has 1 aromatic carbocycles. The zero-order chi connectivity index (χ0) is 18.3. The standard InChI is InChI=1S/C19H21N3O3/c1-11-5-7-14(8-6-11)22-18-17(13(3)20-22)12(2)15(9-10-16(23)24)19(25)21(18)4/h5-8H,9-10H2,1-4H3,(H,23,24). The minimum atomic E-state index is -0.909. The van der Waals surface area contributed by atoms with Crippen LogP contribution in [0.2, 0.25) is 0 Å². The number of carboxylic acid groups (broad SMARTS) is 1. The van der Waals surface area contributed by atoms with Crippen LogP contribution in [-0.4, -0.2) is 25.4 Å². The molecule has 0 amide bonds. The molecule has 0 radical (unpaired) electrons. The average Bonchev–Trinajstić information content (AvgIpc) is 2.91. The number of carboxylic acids is 1. The van der Waals surface area contributed by atoms with Crippen LogP contribution in [0.4, 0.5) is 0 Å². The number of aliphatic carboxylic acids is 1. The number of benzene rings is 1. The Morgan fingerprint density at radius 2 is 1.80 bits per heavy atom. The number of rotatable bonds is 4. The third kappa shape index (κ3) is 2.84. The highest BCUT2D eigenvalue weighted by molar-refractivity contribution is 5.85. The molecule has 0 saturated carbocycles. The second-order valence-electron chi connectivity index (χ2n) is 6.39. The van der Waals surface area contributed by atoms with E-state index in [2.05, 4.69) is 5.10 Å². The van der Waals surface area contributed by atoms with Crippen molar-refractivity contribution in [1.29, 1.82) is 0 Å². The van der Waals surface area contributed by atoms with E-state index in [1.807, 2.05) is 45.0 Å². The number of aryl methyl sites for hydroxylation is 4. The lowest BCUT2D eigenvalue weighted by Gasteiger charge is -2.12. The van der Waals surface area contributed by atoms with E-state index in [1.165, 1.54) is 0 Å². The maximum atomic E-state index is 12.8. The Hall–Kier alpha value is -2.89. The Kier molecular flexibility index (Phi) is 4.20. The molecule has 0 bridgehead atoms. The summed E-state index contributed by atoms with van der Waals surface area (Å²) in [6.07, 6.45) is 0.158. The van der Waals surface area contributed by atoms with Crippen LogP contribution in [0, 0.1) is 20.8 Å². The first-order chi connectivity index (χ1) is 11.8. The molecule has 0 aliphatic carbocycles. The van der Waals surface area contributed by atoms with Gasteiger partial charge in [-0.15, -0.1) is 0 Å². The van der Waals surface area contributed by atoms with Gasteiger partial charge in [0.1, 0.15) is 5.65 Å². The third-order valence-corrected chi connectivity index (χ3v) is 4.61. The third-order valence-electron chi connectivity index (χ3n) is 4.61. The molecule has 130 valence electrons. The summed E-state index contributed by atoms with van der Waals surface area (Å²) in [4.78, 5) is 23.7. The summed E-state index contributed by atoms with van der Waals surface area (Å²) in [5, 5.41) is 14.5. The predicted molar refractivity (Wildman–Crippen MR) is 96.5 cm³/mol. The first-order valence-corrected chi connectivity index (χ1v) is 8.18. The van der Waals surface area contributed by atoms with Crippen molar-refractivity contribution in [3.63, 3.8) is 0 Å². The average molecular weight is 339 g/mol. The first-order valence-electron chi connectivity index (χ1n) is 8.18. The summed E-state index contributed by atoms with van der Waals surface area (Å²) in [6.45, 7) is 5.80. The summed E-state index contributed by atoms with van der Waals surface area (Å²) in [5.41, 5.74) is 4.77. The lowest BCUT2D eigenvalue weighted by molar-refractivity contribution is -0.136. The molecule has 0 fully saturated rings. The maximum Gasteiger partial charge on any atom is 0.303 e. The molecule has 6 heteroatoms. The highest BCUT2D eigenvalue weighted by atomic mass is 16.4. The van der Waals surface area contributed by atoms with Gasteiger partial charge in [-0.25, -0.2) is 4.68 Å². The summed E-state index contributed by atoms with van der Waals surface area (Å²) < 4.78 is 3.35. The first kappa shape index (κ1) is 17.0. The van der Waals surface area contributed by atoms with E-state index < -0.39 is 5.97 Å². The van der Waals surface area contributed by atoms with Crippen molar-refractivity contribution in [1.82, 2.24) is 14.3 Å². The van der Waals surface area contributed by atoms with Gasteiger partial charge >= 0.3 is 5.97 Å². The topological polar surface area (TPSA) is 77.1 Å². The van der Waals surface area contributed by atoms with Gasteiger partial charge < -0.3 is 5.11 Å². The number of carbonyl (C=O) groups is 1. The molecule has 3 aromatic rings. The van der Waals surface area contributed by atoms with Gasteiger partial charge in [-0.2, -0.15) is 5.10 Å². The Morgan fingerprint density at radius 3 is 2.40 bits per heavy atom. The van der Waals surface area contributed by atoms with Gasteiger partial charge in [0.05, 0.1) is 11.4 Å². The quantitative estimate of drug-likeness (QED) is 0.793.